The Bertz CT molecular complexity index is 1190. The molecule has 6 nitrogen and oxygen atoms in total. The predicted molar refractivity (Wildman–Crippen MR) is 133 cm³/mol. The molecule has 2 heterocycles. The maximum absolute atomic E-state index is 11.8. The summed E-state index contributed by atoms with van der Waals surface area (Å²) < 4.78 is 19.1. The van der Waals surface area contributed by atoms with E-state index in [1.54, 1.807) is 13.2 Å². The molecule has 0 bridgehead atoms. The van der Waals surface area contributed by atoms with Crippen molar-refractivity contribution < 1.29 is 23.8 Å². The van der Waals surface area contributed by atoms with Crippen molar-refractivity contribution in [1.29, 1.82) is 0 Å². The summed E-state index contributed by atoms with van der Waals surface area (Å²) in [5, 5.41) is 1.90. The van der Waals surface area contributed by atoms with Crippen molar-refractivity contribution in [2.45, 2.75) is 46.1 Å². The van der Waals surface area contributed by atoms with E-state index in [2.05, 4.69) is 48.9 Å². The van der Waals surface area contributed by atoms with E-state index in [9.17, 15) is 9.59 Å². The fourth-order valence-corrected chi connectivity index (χ4v) is 5.41. The number of rotatable bonds is 5. The van der Waals surface area contributed by atoms with Gasteiger partial charge in [0.25, 0.3) is 11.1 Å². The number of hydrogen-bond donors (Lipinski definition) is 1. The monoisotopic (exact) mass is 531 g/mol. The van der Waals surface area contributed by atoms with Gasteiger partial charge in [0.1, 0.15) is 29.5 Å². The lowest BCUT2D eigenvalue weighted by molar-refractivity contribution is -0.115. The molecule has 2 amide bonds. The Labute approximate surface area is 206 Å². The van der Waals surface area contributed by atoms with E-state index in [0.29, 0.717) is 17.3 Å². The van der Waals surface area contributed by atoms with Crippen molar-refractivity contribution in [2.24, 2.45) is 0 Å². The van der Waals surface area contributed by atoms with Crippen LogP contribution in [0, 0.1) is 20.8 Å². The number of benzene rings is 2. The number of thioether (sulfide) groups is 1. The van der Waals surface area contributed by atoms with Gasteiger partial charge in [0.2, 0.25) is 0 Å². The molecule has 0 aliphatic carbocycles. The maximum Gasteiger partial charge on any atom is 0.290 e. The molecule has 2 aliphatic rings. The molecule has 1 saturated heterocycles. The number of amides is 2. The third kappa shape index (κ3) is 4.64. The van der Waals surface area contributed by atoms with Crippen molar-refractivity contribution in [3.05, 3.63) is 55.4 Å². The van der Waals surface area contributed by atoms with E-state index in [4.69, 9.17) is 14.2 Å². The highest BCUT2D eigenvalue weighted by Crippen LogP contribution is 2.44. The summed E-state index contributed by atoms with van der Waals surface area (Å²) in [6, 6.07) is 5.56. The molecule has 8 heteroatoms. The number of imide groups is 1. The van der Waals surface area contributed by atoms with Crippen LogP contribution in [0.3, 0.4) is 0 Å². The van der Waals surface area contributed by atoms with Crippen LogP contribution in [0.5, 0.6) is 17.2 Å². The van der Waals surface area contributed by atoms with Crippen molar-refractivity contribution in [1.82, 2.24) is 5.32 Å². The van der Waals surface area contributed by atoms with Gasteiger partial charge in [-0.25, -0.2) is 0 Å². The third-order valence-electron chi connectivity index (χ3n) is 6.20. The number of halogens is 1. The van der Waals surface area contributed by atoms with Gasteiger partial charge in [-0.3, -0.25) is 14.9 Å². The van der Waals surface area contributed by atoms with E-state index in [1.165, 1.54) is 5.56 Å². The summed E-state index contributed by atoms with van der Waals surface area (Å²) in [6.07, 6.45) is 3.41. The van der Waals surface area contributed by atoms with Crippen LogP contribution in [0.4, 0.5) is 4.79 Å². The van der Waals surface area contributed by atoms with Crippen LogP contribution in [-0.4, -0.2) is 30.5 Å². The highest BCUT2D eigenvalue weighted by molar-refractivity contribution is 9.10. The van der Waals surface area contributed by atoms with E-state index in [-0.39, 0.29) is 11.1 Å². The molecular formula is C25H26BrNO5S. The van der Waals surface area contributed by atoms with Gasteiger partial charge in [0, 0.05) is 5.56 Å². The average Bonchev–Trinajstić information content (AvgIpc) is 3.08. The number of fused-ring (bicyclic) bond motifs is 1. The first-order chi connectivity index (χ1) is 15.6. The van der Waals surface area contributed by atoms with E-state index in [0.717, 1.165) is 62.8 Å². The summed E-state index contributed by atoms with van der Waals surface area (Å²) in [5.74, 6) is 2.19. The van der Waals surface area contributed by atoms with Crippen molar-refractivity contribution in [3.63, 3.8) is 0 Å². The van der Waals surface area contributed by atoms with Gasteiger partial charge in [-0.1, -0.05) is 6.07 Å². The zero-order chi connectivity index (χ0) is 23.9. The first-order valence-corrected chi connectivity index (χ1v) is 12.3. The minimum absolute atomic E-state index is 0.355. The molecule has 1 N–H and O–H groups in total. The van der Waals surface area contributed by atoms with Crippen LogP contribution in [0.25, 0.3) is 6.08 Å². The van der Waals surface area contributed by atoms with Crippen molar-refractivity contribution in [2.75, 3.05) is 13.7 Å². The molecular weight excluding hydrogens is 506 g/mol. The van der Waals surface area contributed by atoms with Gasteiger partial charge in [-0.2, -0.15) is 0 Å². The Morgan fingerprint density at radius 1 is 1.21 bits per heavy atom. The Balaban J connectivity index is 1.49. The van der Waals surface area contributed by atoms with Crippen molar-refractivity contribution >= 4 is 44.9 Å². The fraction of sp³-hybridized carbons (Fsp3) is 0.360. The van der Waals surface area contributed by atoms with Crippen molar-refractivity contribution in [3.8, 4) is 17.2 Å². The minimum atomic E-state index is -0.468. The quantitative estimate of drug-likeness (QED) is 0.486. The van der Waals surface area contributed by atoms with Gasteiger partial charge in [0.05, 0.1) is 16.5 Å². The number of carbonyl (C=O) groups is 2. The molecule has 0 aromatic heterocycles. The summed E-state index contributed by atoms with van der Waals surface area (Å²) in [6.45, 7) is 8.68. The average molecular weight is 532 g/mol. The first kappa shape index (κ1) is 23.7. The maximum atomic E-state index is 11.8. The second-order valence-corrected chi connectivity index (χ2v) is 10.5. The molecule has 174 valence electrons. The van der Waals surface area contributed by atoms with E-state index < -0.39 is 5.60 Å². The lowest BCUT2D eigenvalue weighted by Gasteiger charge is -2.38. The van der Waals surface area contributed by atoms with E-state index >= 15 is 0 Å². The summed E-state index contributed by atoms with van der Waals surface area (Å²) in [5.41, 5.74) is 4.88. The molecule has 0 spiro atoms. The fourth-order valence-electron chi connectivity index (χ4n) is 4.22. The largest absolute Gasteiger partial charge is 0.496 e. The van der Waals surface area contributed by atoms with Crippen LogP contribution in [0.15, 0.2) is 27.6 Å². The lowest BCUT2D eigenvalue weighted by atomic mass is 9.87. The Kier molecular flexibility index (Phi) is 6.51. The standard InChI is InChI=1S/C25H26BrNO5S/c1-13-14(2)22-17(15(3)21(13)30-5)8-9-25(4,32-22)12-31-19-7-6-16(10-18(19)26)11-20-23(28)27-24(29)33-20/h6-7,10-11H,8-9,12H2,1-5H3,(H,27,28,29)/b20-11+/t25-/m0/s1. The minimum Gasteiger partial charge on any atom is -0.496 e. The Morgan fingerprint density at radius 3 is 2.61 bits per heavy atom. The lowest BCUT2D eigenvalue weighted by Crippen LogP contribution is -2.42. The Hall–Kier alpha value is -2.45. The number of carbonyl (C=O) groups excluding carboxylic acids is 2. The molecule has 1 fully saturated rings. The zero-order valence-corrected chi connectivity index (χ0v) is 21.7. The molecule has 0 saturated carbocycles. The first-order valence-electron chi connectivity index (χ1n) is 10.6. The summed E-state index contributed by atoms with van der Waals surface area (Å²) >= 11 is 4.45. The van der Waals surface area contributed by atoms with Crippen LogP contribution in [0.1, 0.15) is 41.2 Å². The highest BCUT2D eigenvalue weighted by Gasteiger charge is 2.35. The van der Waals surface area contributed by atoms with Crippen LogP contribution in [-0.2, 0) is 11.2 Å². The second-order valence-electron chi connectivity index (χ2n) is 8.60. The van der Waals surface area contributed by atoms with Gasteiger partial charge in [-0.15, -0.1) is 0 Å². The highest BCUT2D eigenvalue weighted by atomic mass is 79.9. The van der Waals surface area contributed by atoms with Gasteiger partial charge >= 0.3 is 0 Å². The molecule has 0 unspecified atom stereocenters. The molecule has 0 radical (unpaired) electrons. The molecule has 1 atom stereocenters. The molecule has 33 heavy (non-hydrogen) atoms. The molecule has 2 aliphatic heterocycles. The SMILES string of the molecule is COc1c(C)c(C)c2c(c1C)CC[C@@](C)(COc1ccc(/C=C3/SC(=O)NC3=O)cc1Br)O2. The van der Waals surface area contributed by atoms with Crippen LogP contribution < -0.4 is 19.5 Å². The normalized spacial score (nSPS) is 21.0. The number of ether oxygens (including phenoxy) is 3. The summed E-state index contributed by atoms with van der Waals surface area (Å²) in [7, 11) is 1.71. The number of hydrogen-bond acceptors (Lipinski definition) is 6. The van der Waals surface area contributed by atoms with Crippen LogP contribution >= 0.6 is 27.7 Å². The molecule has 2 aromatic carbocycles. The number of nitrogens with one attached hydrogen (secondary N) is 1. The van der Waals surface area contributed by atoms with Gasteiger partial charge < -0.3 is 14.2 Å². The predicted octanol–water partition coefficient (Wildman–Crippen LogP) is 5.87. The zero-order valence-electron chi connectivity index (χ0n) is 19.3. The topological polar surface area (TPSA) is 73.9 Å². The van der Waals surface area contributed by atoms with Gasteiger partial charge in [-0.05, 0) is 109 Å². The van der Waals surface area contributed by atoms with Crippen LogP contribution in [0.2, 0.25) is 0 Å². The smallest absolute Gasteiger partial charge is 0.290 e. The summed E-state index contributed by atoms with van der Waals surface area (Å²) in [4.78, 5) is 23.5. The second kappa shape index (κ2) is 9.06. The third-order valence-corrected chi connectivity index (χ3v) is 7.63. The number of methoxy groups -OCH3 is 1. The molecule has 2 aromatic rings. The molecule has 4 rings (SSSR count). The van der Waals surface area contributed by atoms with E-state index in [1.807, 2.05) is 18.2 Å². The Morgan fingerprint density at radius 2 is 1.97 bits per heavy atom. The van der Waals surface area contributed by atoms with Gasteiger partial charge in [0.15, 0.2) is 0 Å².